The van der Waals surface area contributed by atoms with Crippen molar-refractivity contribution >= 4 is 17.5 Å². The van der Waals surface area contributed by atoms with E-state index in [0.717, 1.165) is 42.6 Å². The predicted octanol–water partition coefficient (Wildman–Crippen LogP) is 9.02. The molecular formula is C33H37F9N6O2. The summed E-state index contributed by atoms with van der Waals surface area (Å²) in [5.41, 5.74) is -3.07. The standard InChI is InChI=1S/C33H37F9N6O2/c1-4-6-19-7-9-21(10-8-19)29(49)48-24(5-2)16-28(26-17-25(11-12-27(26)48)50-33(40,41)42)47(30-43-45-46(3)44-30)18-20-13-22(31(34,35)36)15-23(14-20)32(37,38)39/h11-15,17,19,21,24,28H,4-10,16,18H2,1-3H3/t19?,21?,24-,28?/m1/s1. The van der Waals surface area contributed by atoms with Gasteiger partial charge in [0.1, 0.15) is 5.75 Å². The number of alkyl halides is 9. The molecule has 2 heterocycles. The highest BCUT2D eigenvalue weighted by atomic mass is 19.4. The lowest BCUT2D eigenvalue weighted by molar-refractivity contribution is -0.274. The van der Waals surface area contributed by atoms with Crippen molar-refractivity contribution in [1.82, 2.24) is 20.2 Å². The molecule has 1 saturated carbocycles. The summed E-state index contributed by atoms with van der Waals surface area (Å²) in [5.74, 6) is -0.813. The van der Waals surface area contributed by atoms with Gasteiger partial charge in [0.2, 0.25) is 5.91 Å². The molecule has 0 spiro atoms. The van der Waals surface area contributed by atoms with Crippen LogP contribution in [-0.4, -0.2) is 38.5 Å². The first kappa shape index (κ1) is 37.2. The van der Waals surface area contributed by atoms with Gasteiger partial charge in [-0.3, -0.25) is 4.79 Å². The lowest BCUT2D eigenvalue weighted by Crippen LogP contribution is -2.50. The largest absolute Gasteiger partial charge is 0.573 e. The maximum absolute atomic E-state index is 14.2. The van der Waals surface area contributed by atoms with Crippen molar-refractivity contribution < 1.29 is 49.0 Å². The maximum Gasteiger partial charge on any atom is 0.573 e. The second-order valence-electron chi connectivity index (χ2n) is 12.9. The smallest absolute Gasteiger partial charge is 0.406 e. The molecule has 274 valence electrons. The molecule has 1 aliphatic carbocycles. The number of anilines is 2. The van der Waals surface area contributed by atoms with Gasteiger partial charge in [-0.25, -0.2) is 0 Å². The van der Waals surface area contributed by atoms with Crippen LogP contribution in [-0.2, 0) is 30.7 Å². The maximum atomic E-state index is 14.2. The van der Waals surface area contributed by atoms with Gasteiger partial charge in [-0.05, 0) is 91.6 Å². The SMILES string of the molecule is CCCC1CCC(C(=O)N2c3ccc(OC(F)(F)F)cc3C(N(Cc3cc(C(F)(F)F)cc(C(F)(F)F)c3)c3nnn(C)n3)C[C@H]2CC)CC1. The van der Waals surface area contributed by atoms with Crippen LogP contribution < -0.4 is 14.5 Å². The minimum absolute atomic E-state index is 0.0113. The van der Waals surface area contributed by atoms with Crippen molar-refractivity contribution in [1.29, 1.82) is 0 Å². The molecule has 1 amide bonds. The normalized spacial score (nSPS) is 21.6. The van der Waals surface area contributed by atoms with Crippen molar-refractivity contribution in [2.75, 3.05) is 9.80 Å². The fraction of sp³-hybridized carbons (Fsp3) is 0.576. The molecule has 1 unspecified atom stereocenters. The zero-order chi connectivity index (χ0) is 36.6. The number of halogens is 9. The predicted molar refractivity (Wildman–Crippen MR) is 164 cm³/mol. The summed E-state index contributed by atoms with van der Waals surface area (Å²) in [7, 11) is 1.40. The van der Waals surface area contributed by atoms with E-state index in [1.165, 1.54) is 18.0 Å². The van der Waals surface area contributed by atoms with Gasteiger partial charge in [0, 0.05) is 29.8 Å². The molecule has 5 rings (SSSR count). The van der Waals surface area contributed by atoms with Crippen LogP contribution in [0.3, 0.4) is 0 Å². The lowest BCUT2D eigenvalue weighted by Gasteiger charge is -2.45. The Balaban J connectivity index is 1.62. The summed E-state index contributed by atoms with van der Waals surface area (Å²) >= 11 is 0. The lowest BCUT2D eigenvalue weighted by atomic mass is 9.78. The molecule has 1 aliphatic heterocycles. The van der Waals surface area contributed by atoms with E-state index < -0.39 is 59.8 Å². The first-order valence-electron chi connectivity index (χ1n) is 16.4. The number of ether oxygens (including phenoxy) is 1. The van der Waals surface area contributed by atoms with Gasteiger partial charge >= 0.3 is 18.7 Å². The Bertz CT molecular complexity index is 1620. The molecule has 3 aromatic rings. The zero-order valence-electron chi connectivity index (χ0n) is 27.5. The first-order chi connectivity index (χ1) is 23.4. The fourth-order valence-corrected chi connectivity index (χ4v) is 7.17. The van der Waals surface area contributed by atoms with Crippen LogP contribution in [0.1, 0.15) is 93.5 Å². The van der Waals surface area contributed by atoms with Gasteiger partial charge in [-0.1, -0.05) is 31.8 Å². The molecule has 0 bridgehead atoms. The van der Waals surface area contributed by atoms with E-state index in [2.05, 4.69) is 27.1 Å². The topological polar surface area (TPSA) is 76.4 Å². The molecule has 50 heavy (non-hydrogen) atoms. The number of hydrogen-bond donors (Lipinski definition) is 0. The van der Waals surface area contributed by atoms with Gasteiger partial charge in [0.15, 0.2) is 0 Å². The highest BCUT2D eigenvalue weighted by Crippen LogP contribution is 2.47. The van der Waals surface area contributed by atoms with E-state index >= 15 is 0 Å². The van der Waals surface area contributed by atoms with Crippen molar-refractivity contribution in [2.24, 2.45) is 18.9 Å². The molecule has 2 atom stereocenters. The van der Waals surface area contributed by atoms with Crippen LogP contribution in [0.25, 0.3) is 0 Å². The van der Waals surface area contributed by atoms with Crippen molar-refractivity contribution in [2.45, 2.75) is 103 Å². The molecule has 8 nitrogen and oxygen atoms in total. The highest BCUT2D eigenvalue weighted by Gasteiger charge is 2.43. The minimum Gasteiger partial charge on any atom is -0.406 e. The van der Waals surface area contributed by atoms with Crippen molar-refractivity contribution in [3.8, 4) is 5.75 Å². The summed E-state index contributed by atoms with van der Waals surface area (Å²) in [6.07, 6.45) is -9.76. The third kappa shape index (κ3) is 8.45. The first-order valence-corrected chi connectivity index (χ1v) is 16.4. The number of fused-ring (bicyclic) bond motifs is 1. The van der Waals surface area contributed by atoms with Gasteiger partial charge < -0.3 is 14.5 Å². The number of nitrogens with zero attached hydrogens (tertiary/aromatic N) is 6. The molecular weight excluding hydrogens is 683 g/mol. The molecule has 17 heteroatoms. The molecule has 2 aliphatic rings. The second-order valence-corrected chi connectivity index (χ2v) is 12.9. The van der Waals surface area contributed by atoms with Crippen molar-refractivity contribution in [3.05, 3.63) is 58.7 Å². The third-order valence-electron chi connectivity index (χ3n) is 9.44. The summed E-state index contributed by atoms with van der Waals surface area (Å²) < 4.78 is 127. The van der Waals surface area contributed by atoms with E-state index in [-0.39, 0.29) is 41.5 Å². The van der Waals surface area contributed by atoms with Gasteiger partial charge in [0.25, 0.3) is 5.95 Å². The minimum atomic E-state index is -5.11. The average Bonchev–Trinajstić information content (AvgIpc) is 3.47. The number of carbonyl (C=O) groups excluding carboxylic acids is 1. The average molecular weight is 721 g/mol. The Hall–Kier alpha value is -4.05. The summed E-state index contributed by atoms with van der Waals surface area (Å²) in [6.45, 7) is 3.31. The Morgan fingerprint density at radius 1 is 0.920 bits per heavy atom. The number of carbonyl (C=O) groups is 1. The van der Waals surface area contributed by atoms with Crippen LogP contribution in [0.5, 0.6) is 5.75 Å². The molecule has 0 saturated heterocycles. The van der Waals surface area contributed by atoms with Gasteiger partial charge in [0.05, 0.1) is 24.2 Å². The quantitative estimate of drug-likeness (QED) is 0.206. The number of tetrazole rings is 1. The Labute approximate surface area is 282 Å². The summed E-state index contributed by atoms with van der Waals surface area (Å²) in [4.78, 5) is 18.1. The third-order valence-corrected chi connectivity index (χ3v) is 9.44. The second kappa shape index (κ2) is 14.3. The number of aromatic nitrogens is 4. The van der Waals surface area contributed by atoms with Crippen LogP contribution in [0, 0.1) is 11.8 Å². The van der Waals surface area contributed by atoms with E-state index in [1.54, 1.807) is 4.90 Å². The number of amides is 1. The van der Waals surface area contributed by atoms with E-state index in [0.29, 0.717) is 37.3 Å². The van der Waals surface area contributed by atoms with Crippen molar-refractivity contribution in [3.63, 3.8) is 0 Å². The van der Waals surface area contributed by atoms with Crippen LogP contribution in [0.4, 0.5) is 51.1 Å². The van der Waals surface area contributed by atoms with Gasteiger partial charge in [-0.15, -0.1) is 18.3 Å². The zero-order valence-corrected chi connectivity index (χ0v) is 27.5. The molecule has 2 aromatic carbocycles. The van der Waals surface area contributed by atoms with E-state index in [1.807, 2.05) is 6.92 Å². The number of benzene rings is 2. The Morgan fingerprint density at radius 3 is 2.08 bits per heavy atom. The van der Waals surface area contributed by atoms with Crippen LogP contribution in [0.15, 0.2) is 36.4 Å². The van der Waals surface area contributed by atoms with Crippen LogP contribution in [0.2, 0.25) is 0 Å². The molecule has 1 aromatic heterocycles. The molecule has 0 N–H and O–H groups in total. The Kier molecular flexibility index (Phi) is 10.6. The number of rotatable bonds is 9. The van der Waals surface area contributed by atoms with Crippen LogP contribution >= 0.6 is 0 Å². The monoisotopic (exact) mass is 720 g/mol. The summed E-state index contributed by atoms with van der Waals surface area (Å²) in [6, 6.07) is 3.11. The number of aryl methyl sites for hydroxylation is 1. The summed E-state index contributed by atoms with van der Waals surface area (Å²) in [5, 5.41) is 11.9. The highest BCUT2D eigenvalue weighted by molar-refractivity contribution is 5.97. The Morgan fingerprint density at radius 2 is 1.56 bits per heavy atom. The molecule has 0 radical (unpaired) electrons. The molecule has 1 fully saturated rings. The fourth-order valence-electron chi connectivity index (χ4n) is 7.17. The number of hydrogen-bond acceptors (Lipinski definition) is 6. The van der Waals surface area contributed by atoms with Gasteiger partial charge in [-0.2, -0.15) is 31.1 Å². The van der Waals surface area contributed by atoms with E-state index in [9.17, 15) is 44.3 Å². The van der Waals surface area contributed by atoms with E-state index in [4.69, 9.17) is 0 Å².